The van der Waals surface area contributed by atoms with Gasteiger partial charge in [-0.05, 0) is 30.5 Å². The molecule has 0 N–H and O–H groups in total. The first-order chi connectivity index (χ1) is 8.30. The summed E-state index contributed by atoms with van der Waals surface area (Å²) < 4.78 is 49.8. The third-order valence-electron chi connectivity index (χ3n) is 2.95. The van der Waals surface area contributed by atoms with Gasteiger partial charge in [0.15, 0.2) is 5.78 Å². The summed E-state index contributed by atoms with van der Waals surface area (Å²) in [6.07, 6.45) is -5.06. The van der Waals surface area contributed by atoms with E-state index in [4.69, 9.17) is 0 Å². The van der Waals surface area contributed by atoms with Crippen molar-refractivity contribution < 1.29 is 27.2 Å². The van der Waals surface area contributed by atoms with Crippen LogP contribution in [-0.4, -0.2) is 17.7 Å². The number of alkyl halides is 3. The highest BCUT2D eigenvalue weighted by atomic mass is 19.4. The van der Waals surface area contributed by atoms with E-state index in [1.165, 1.54) is 6.07 Å². The van der Waals surface area contributed by atoms with Gasteiger partial charge in [0.2, 0.25) is 5.78 Å². The zero-order chi connectivity index (χ0) is 13.5. The topological polar surface area (TPSA) is 34.1 Å². The smallest absolute Gasteiger partial charge is 0.293 e. The molecular weight excluding hydrogens is 252 g/mol. The number of aryl methyl sites for hydroxylation is 1. The Morgan fingerprint density at radius 3 is 2.56 bits per heavy atom. The van der Waals surface area contributed by atoms with Gasteiger partial charge < -0.3 is 0 Å². The van der Waals surface area contributed by atoms with Crippen LogP contribution >= 0.6 is 0 Å². The fourth-order valence-electron chi connectivity index (χ4n) is 2.06. The van der Waals surface area contributed by atoms with Crippen molar-refractivity contribution in [2.45, 2.75) is 19.0 Å². The fraction of sp³-hybridized carbons (Fsp3) is 0.333. The Labute approximate surface area is 99.6 Å². The second-order valence-corrected chi connectivity index (χ2v) is 4.12. The van der Waals surface area contributed by atoms with Crippen LogP contribution < -0.4 is 0 Å². The van der Waals surface area contributed by atoms with E-state index in [1.54, 1.807) is 0 Å². The Balaban J connectivity index is 2.36. The molecule has 96 valence electrons. The van der Waals surface area contributed by atoms with Gasteiger partial charge in [0.25, 0.3) is 0 Å². The third-order valence-corrected chi connectivity index (χ3v) is 2.95. The van der Waals surface area contributed by atoms with Crippen LogP contribution in [0.3, 0.4) is 0 Å². The van der Waals surface area contributed by atoms with E-state index in [0.29, 0.717) is 5.56 Å². The van der Waals surface area contributed by atoms with Crippen LogP contribution in [0.2, 0.25) is 0 Å². The number of hydrogen-bond donors (Lipinski definition) is 0. The first kappa shape index (κ1) is 12.7. The van der Waals surface area contributed by atoms with E-state index in [9.17, 15) is 27.2 Å². The molecule has 18 heavy (non-hydrogen) atoms. The first-order valence-electron chi connectivity index (χ1n) is 5.24. The lowest BCUT2D eigenvalue weighted by Crippen LogP contribution is -2.38. The Hall–Kier alpha value is -1.72. The molecule has 0 spiro atoms. The molecule has 0 saturated heterocycles. The minimum atomic E-state index is -5.04. The first-order valence-corrected chi connectivity index (χ1v) is 5.24. The van der Waals surface area contributed by atoms with Crippen LogP contribution in [0.1, 0.15) is 22.3 Å². The standard InChI is InChI=1S/C12H8F4O2/c13-7-3-1-6-2-4-8(10(17)9(6)5-7)11(18)12(14,15)16/h1,3,5,8H,2,4H2. The van der Waals surface area contributed by atoms with E-state index in [-0.39, 0.29) is 18.4 Å². The van der Waals surface area contributed by atoms with E-state index in [0.717, 1.165) is 12.1 Å². The molecule has 6 heteroatoms. The monoisotopic (exact) mass is 260 g/mol. The summed E-state index contributed by atoms with van der Waals surface area (Å²) in [5.41, 5.74) is 0.358. The second kappa shape index (κ2) is 4.19. The molecule has 0 bridgehead atoms. The summed E-state index contributed by atoms with van der Waals surface area (Å²) in [6, 6.07) is 3.38. The number of carbonyl (C=O) groups is 2. The maximum atomic E-state index is 13.0. The summed E-state index contributed by atoms with van der Waals surface area (Å²) in [5, 5.41) is 0. The van der Waals surface area contributed by atoms with Crippen LogP contribution in [0.5, 0.6) is 0 Å². The molecule has 0 heterocycles. The average Bonchev–Trinajstić information content (AvgIpc) is 2.28. The lowest BCUT2D eigenvalue weighted by Gasteiger charge is -2.22. The molecule has 1 aliphatic rings. The number of Topliss-reactive ketones (excluding diaryl/α,β-unsaturated/α-hetero) is 2. The molecule has 0 radical (unpaired) electrons. The van der Waals surface area contributed by atoms with Gasteiger partial charge in [-0.1, -0.05) is 6.07 Å². The summed E-state index contributed by atoms with van der Waals surface area (Å²) in [6.45, 7) is 0. The summed E-state index contributed by atoms with van der Waals surface area (Å²) >= 11 is 0. The van der Waals surface area contributed by atoms with Crippen LogP contribution in [0.4, 0.5) is 17.6 Å². The number of ketones is 2. The van der Waals surface area contributed by atoms with Crippen molar-refractivity contribution in [3.63, 3.8) is 0 Å². The molecule has 1 unspecified atom stereocenters. The van der Waals surface area contributed by atoms with Gasteiger partial charge in [0.1, 0.15) is 5.82 Å². The van der Waals surface area contributed by atoms with Crippen molar-refractivity contribution in [1.82, 2.24) is 0 Å². The summed E-state index contributed by atoms with van der Waals surface area (Å²) in [7, 11) is 0. The minimum absolute atomic E-state index is 0.121. The normalized spacial score (nSPS) is 19.6. The second-order valence-electron chi connectivity index (χ2n) is 4.12. The number of carbonyl (C=O) groups excluding carboxylic acids is 2. The van der Waals surface area contributed by atoms with E-state index >= 15 is 0 Å². The Morgan fingerprint density at radius 1 is 1.28 bits per heavy atom. The third kappa shape index (κ3) is 2.14. The average molecular weight is 260 g/mol. The highest BCUT2D eigenvalue weighted by Crippen LogP contribution is 2.31. The van der Waals surface area contributed by atoms with Crippen molar-refractivity contribution in [2.75, 3.05) is 0 Å². The Kier molecular flexibility index (Phi) is 2.96. The Morgan fingerprint density at radius 2 is 1.94 bits per heavy atom. The van der Waals surface area contributed by atoms with Crippen molar-refractivity contribution in [3.8, 4) is 0 Å². The van der Waals surface area contributed by atoms with Crippen LogP contribution in [0.25, 0.3) is 0 Å². The molecule has 0 amide bonds. The molecule has 1 atom stereocenters. The minimum Gasteiger partial charge on any atom is -0.293 e. The van der Waals surface area contributed by atoms with Crippen LogP contribution in [-0.2, 0) is 11.2 Å². The summed E-state index contributed by atoms with van der Waals surface area (Å²) in [5.74, 6) is -5.44. The van der Waals surface area contributed by atoms with Crippen LogP contribution in [0, 0.1) is 11.7 Å². The highest BCUT2D eigenvalue weighted by Gasteiger charge is 2.47. The van der Waals surface area contributed by atoms with Gasteiger partial charge in [0, 0.05) is 5.56 Å². The number of fused-ring (bicyclic) bond motifs is 1. The quantitative estimate of drug-likeness (QED) is 0.574. The molecule has 1 aliphatic carbocycles. The number of hydrogen-bond acceptors (Lipinski definition) is 2. The van der Waals surface area contributed by atoms with Crippen molar-refractivity contribution in [3.05, 3.63) is 35.1 Å². The molecule has 0 fully saturated rings. The van der Waals surface area contributed by atoms with Gasteiger partial charge in [-0.2, -0.15) is 13.2 Å². The lowest BCUT2D eigenvalue weighted by molar-refractivity contribution is -0.174. The molecular formula is C12H8F4O2. The van der Waals surface area contributed by atoms with Gasteiger partial charge in [-0.3, -0.25) is 9.59 Å². The molecule has 2 nitrogen and oxygen atoms in total. The molecule has 0 saturated carbocycles. The summed E-state index contributed by atoms with van der Waals surface area (Å²) in [4.78, 5) is 22.9. The zero-order valence-corrected chi connectivity index (χ0v) is 9.05. The van der Waals surface area contributed by atoms with Crippen molar-refractivity contribution >= 4 is 11.6 Å². The lowest BCUT2D eigenvalue weighted by atomic mass is 9.80. The van der Waals surface area contributed by atoms with Crippen molar-refractivity contribution in [2.24, 2.45) is 5.92 Å². The molecule has 0 aliphatic heterocycles. The largest absolute Gasteiger partial charge is 0.450 e. The molecule has 1 aromatic carbocycles. The zero-order valence-electron chi connectivity index (χ0n) is 9.05. The maximum absolute atomic E-state index is 13.0. The van der Waals surface area contributed by atoms with E-state index in [1.807, 2.05) is 0 Å². The fourth-order valence-corrected chi connectivity index (χ4v) is 2.06. The molecule has 2 rings (SSSR count). The van der Waals surface area contributed by atoms with Crippen LogP contribution in [0.15, 0.2) is 18.2 Å². The number of benzene rings is 1. The van der Waals surface area contributed by atoms with E-state index < -0.39 is 29.5 Å². The predicted molar refractivity (Wildman–Crippen MR) is 53.6 cm³/mol. The van der Waals surface area contributed by atoms with Gasteiger partial charge in [0.05, 0.1) is 5.92 Å². The molecule has 0 aromatic heterocycles. The maximum Gasteiger partial charge on any atom is 0.450 e. The predicted octanol–water partition coefficient (Wildman–Crippen LogP) is 2.70. The highest BCUT2D eigenvalue weighted by molar-refractivity contribution is 6.13. The van der Waals surface area contributed by atoms with Gasteiger partial charge >= 0.3 is 6.18 Å². The SMILES string of the molecule is O=C1c2cc(F)ccc2CCC1C(=O)C(F)(F)F. The van der Waals surface area contributed by atoms with Gasteiger partial charge in [-0.15, -0.1) is 0 Å². The van der Waals surface area contributed by atoms with Crippen molar-refractivity contribution in [1.29, 1.82) is 0 Å². The molecule has 1 aromatic rings. The Bertz CT molecular complexity index is 519. The number of halogens is 4. The number of rotatable bonds is 1. The van der Waals surface area contributed by atoms with E-state index in [2.05, 4.69) is 0 Å². The van der Waals surface area contributed by atoms with Gasteiger partial charge in [-0.25, -0.2) is 4.39 Å².